The van der Waals surface area contributed by atoms with Crippen LogP contribution in [0.1, 0.15) is 19.4 Å². The number of halogens is 2. The summed E-state index contributed by atoms with van der Waals surface area (Å²) in [4.78, 5) is -0.0906. The van der Waals surface area contributed by atoms with E-state index in [9.17, 15) is 8.42 Å². The molecule has 0 heterocycles. The average Bonchev–Trinajstić information content (AvgIpc) is 2.51. The quantitative estimate of drug-likeness (QED) is 0.794. The fourth-order valence-corrected chi connectivity index (χ4v) is 3.89. The molecule has 23 heavy (non-hydrogen) atoms. The molecule has 0 saturated carbocycles. The number of benzene rings is 2. The van der Waals surface area contributed by atoms with Crippen LogP contribution in [0.25, 0.3) is 0 Å². The van der Waals surface area contributed by atoms with Gasteiger partial charge in [0.25, 0.3) is 10.0 Å². The fraction of sp³-hybridized carbons (Fsp3) is 0.250. The Labute approximate surface area is 146 Å². The van der Waals surface area contributed by atoms with Crippen LogP contribution >= 0.6 is 23.2 Å². The molecule has 2 aromatic carbocycles. The Balaban J connectivity index is 2.33. The van der Waals surface area contributed by atoms with Gasteiger partial charge in [-0.25, -0.2) is 8.42 Å². The van der Waals surface area contributed by atoms with Gasteiger partial charge in [0.05, 0.1) is 16.7 Å². The van der Waals surface area contributed by atoms with E-state index >= 15 is 0 Å². The Morgan fingerprint density at radius 2 is 1.70 bits per heavy atom. The van der Waals surface area contributed by atoms with E-state index in [1.165, 1.54) is 12.1 Å². The first kappa shape index (κ1) is 17.9. The second-order valence-electron chi connectivity index (χ2n) is 4.80. The summed E-state index contributed by atoms with van der Waals surface area (Å²) in [7, 11) is -3.84. The van der Waals surface area contributed by atoms with Crippen molar-refractivity contribution in [3.05, 3.63) is 52.0 Å². The van der Waals surface area contributed by atoms with Crippen molar-refractivity contribution in [3.63, 3.8) is 0 Å². The van der Waals surface area contributed by atoms with Gasteiger partial charge >= 0.3 is 0 Å². The molecule has 0 radical (unpaired) electrons. The minimum atomic E-state index is -3.84. The topological polar surface area (TPSA) is 55.4 Å². The van der Waals surface area contributed by atoms with Crippen molar-refractivity contribution >= 4 is 38.9 Å². The number of sulfonamides is 1. The van der Waals surface area contributed by atoms with Crippen LogP contribution in [0.15, 0.2) is 41.3 Å². The smallest absolute Gasteiger partial charge is 0.263 e. The van der Waals surface area contributed by atoms with Gasteiger partial charge in [-0.15, -0.1) is 0 Å². The van der Waals surface area contributed by atoms with E-state index in [-0.39, 0.29) is 14.9 Å². The highest BCUT2D eigenvalue weighted by molar-refractivity contribution is 7.92. The van der Waals surface area contributed by atoms with E-state index in [0.29, 0.717) is 18.0 Å². The molecule has 4 nitrogen and oxygen atoms in total. The average molecular weight is 374 g/mol. The van der Waals surface area contributed by atoms with Gasteiger partial charge in [-0.05, 0) is 37.1 Å². The minimum absolute atomic E-state index is 0.0514. The molecule has 0 aliphatic heterocycles. The van der Waals surface area contributed by atoms with Gasteiger partial charge in [0.2, 0.25) is 0 Å². The van der Waals surface area contributed by atoms with Crippen molar-refractivity contribution in [2.45, 2.75) is 25.2 Å². The SMILES string of the molecule is CCOc1cc(Cl)c(S(=O)(=O)Nc2ccc(CC)cc2)cc1Cl. The standard InChI is InChI=1S/C16H17Cl2NO3S/c1-3-11-5-7-12(8-6-11)19-23(20,21)16-10-13(17)15(22-4-2)9-14(16)18/h5-10,19H,3-4H2,1-2H3. The molecule has 0 unspecified atom stereocenters. The van der Waals surface area contributed by atoms with Gasteiger partial charge in [-0.1, -0.05) is 42.3 Å². The van der Waals surface area contributed by atoms with Crippen molar-refractivity contribution < 1.29 is 13.2 Å². The maximum atomic E-state index is 12.5. The molecule has 7 heteroatoms. The van der Waals surface area contributed by atoms with Gasteiger partial charge in [0.15, 0.2) is 0 Å². The summed E-state index contributed by atoms with van der Waals surface area (Å²) in [5.41, 5.74) is 1.58. The van der Waals surface area contributed by atoms with Crippen molar-refractivity contribution in [1.82, 2.24) is 0 Å². The Morgan fingerprint density at radius 1 is 1.04 bits per heavy atom. The summed E-state index contributed by atoms with van der Waals surface area (Å²) in [6.07, 6.45) is 0.882. The lowest BCUT2D eigenvalue weighted by atomic mass is 10.2. The maximum absolute atomic E-state index is 12.5. The molecule has 0 spiro atoms. The molecule has 0 amide bonds. The lowest BCUT2D eigenvalue weighted by Crippen LogP contribution is -2.13. The highest BCUT2D eigenvalue weighted by Gasteiger charge is 2.21. The summed E-state index contributed by atoms with van der Waals surface area (Å²) in [6, 6.07) is 9.84. The monoisotopic (exact) mass is 373 g/mol. The molecule has 0 atom stereocenters. The zero-order valence-electron chi connectivity index (χ0n) is 12.8. The van der Waals surface area contributed by atoms with E-state index in [1.54, 1.807) is 19.1 Å². The first-order chi connectivity index (χ1) is 10.9. The Hall–Kier alpha value is -1.43. The van der Waals surface area contributed by atoms with Crippen LogP contribution in [0.3, 0.4) is 0 Å². The molecular weight excluding hydrogens is 357 g/mol. The van der Waals surface area contributed by atoms with Crippen molar-refractivity contribution in [2.75, 3.05) is 11.3 Å². The molecule has 0 saturated heterocycles. The van der Waals surface area contributed by atoms with Gasteiger partial charge in [0.1, 0.15) is 10.6 Å². The third-order valence-electron chi connectivity index (χ3n) is 3.19. The van der Waals surface area contributed by atoms with Crippen LogP contribution in [-0.2, 0) is 16.4 Å². The molecule has 0 aromatic heterocycles. The first-order valence-electron chi connectivity index (χ1n) is 7.11. The molecule has 0 fully saturated rings. The van der Waals surface area contributed by atoms with E-state index in [1.807, 2.05) is 19.1 Å². The van der Waals surface area contributed by atoms with E-state index in [4.69, 9.17) is 27.9 Å². The summed E-state index contributed by atoms with van der Waals surface area (Å²) < 4.78 is 32.8. The number of ether oxygens (including phenoxy) is 1. The highest BCUT2D eigenvalue weighted by Crippen LogP contribution is 2.34. The predicted molar refractivity (Wildman–Crippen MR) is 94.3 cm³/mol. The largest absolute Gasteiger partial charge is 0.492 e. The van der Waals surface area contributed by atoms with Crippen LogP contribution in [0.4, 0.5) is 5.69 Å². The molecule has 124 valence electrons. The van der Waals surface area contributed by atoms with Crippen LogP contribution < -0.4 is 9.46 Å². The third-order valence-corrected chi connectivity index (χ3v) is 5.33. The van der Waals surface area contributed by atoms with E-state index < -0.39 is 10.0 Å². The van der Waals surface area contributed by atoms with Gasteiger partial charge < -0.3 is 4.74 Å². The number of hydrogen-bond donors (Lipinski definition) is 1. The van der Waals surface area contributed by atoms with E-state index in [2.05, 4.69) is 4.72 Å². The summed E-state index contributed by atoms with van der Waals surface area (Å²) in [5.74, 6) is 0.352. The summed E-state index contributed by atoms with van der Waals surface area (Å²) in [6.45, 7) is 4.24. The molecule has 0 aliphatic carbocycles. The number of anilines is 1. The van der Waals surface area contributed by atoms with Gasteiger partial charge in [-0.2, -0.15) is 0 Å². The van der Waals surface area contributed by atoms with Crippen molar-refractivity contribution in [1.29, 1.82) is 0 Å². The Kier molecular flexibility index (Phi) is 5.79. The summed E-state index contributed by atoms with van der Waals surface area (Å²) >= 11 is 12.1. The predicted octanol–water partition coefficient (Wildman–Crippen LogP) is 4.76. The normalized spacial score (nSPS) is 11.3. The molecule has 0 bridgehead atoms. The Morgan fingerprint density at radius 3 is 2.26 bits per heavy atom. The lowest BCUT2D eigenvalue weighted by Gasteiger charge is -2.12. The van der Waals surface area contributed by atoms with Crippen LogP contribution in [0.2, 0.25) is 10.0 Å². The zero-order chi connectivity index (χ0) is 17.0. The minimum Gasteiger partial charge on any atom is -0.492 e. The second-order valence-corrected chi connectivity index (χ2v) is 7.27. The highest BCUT2D eigenvalue weighted by atomic mass is 35.5. The van der Waals surface area contributed by atoms with Gasteiger partial charge in [-0.3, -0.25) is 4.72 Å². The maximum Gasteiger partial charge on any atom is 0.263 e. The third kappa shape index (κ3) is 4.31. The molecule has 2 rings (SSSR count). The number of aryl methyl sites for hydroxylation is 1. The van der Waals surface area contributed by atoms with Gasteiger partial charge in [0, 0.05) is 11.8 Å². The Bertz CT molecular complexity index is 790. The van der Waals surface area contributed by atoms with Crippen molar-refractivity contribution in [2.24, 2.45) is 0 Å². The van der Waals surface area contributed by atoms with Crippen LogP contribution in [0, 0.1) is 0 Å². The van der Waals surface area contributed by atoms with E-state index in [0.717, 1.165) is 12.0 Å². The molecule has 1 N–H and O–H groups in total. The molecule has 0 aliphatic rings. The van der Waals surface area contributed by atoms with Crippen LogP contribution in [-0.4, -0.2) is 15.0 Å². The first-order valence-corrected chi connectivity index (χ1v) is 9.35. The molecular formula is C16H17Cl2NO3S. The van der Waals surface area contributed by atoms with Crippen molar-refractivity contribution in [3.8, 4) is 5.75 Å². The lowest BCUT2D eigenvalue weighted by molar-refractivity contribution is 0.340. The summed E-state index contributed by atoms with van der Waals surface area (Å²) in [5, 5.41) is 0.244. The van der Waals surface area contributed by atoms with Crippen LogP contribution in [0.5, 0.6) is 5.75 Å². The number of rotatable bonds is 6. The number of hydrogen-bond acceptors (Lipinski definition) is 3. The zero-order valence-corrected chi connectivity index (χ0v) is 15.1. The number of nitrogens with one attached hydrogen (secondary N) is 1. The fourth-order valence-electron chi connectivity index (χ4n) is 2.00. The molecule has 2 aromatic rings. The second kappa shape index (κ2) is 7.43.